The average Bonchev–Trinajstić information content (AvgIpc) is 2.55. The van der Waals surface area contributed by atoms with Gasteiger partial charge in [-0.15, -0.1) is 0 Å². The number of benzene rings is 2. The van der Waals surface area contributed by atoms with Crippen molar-refractivity contribution in [3.63, 3.8) is 0 Å². The second-order valence-electron chi connectivity index (χ2n) is 6.69. The lowest BCUT2D eigenvalue weighted by Gasteiger charge is -2.27. The Balaban J connectivity index is 1.68. The van der Waals surface area contributed by atoms with E-state index in [4.69, 9.17) is 44.6 Å². The van der Waals surface area contributed by atoms with Crippen molar-refractivity contribution in [1.82, 2.24) is 0 Å². The molecule has 0 aliphatic heterocycles. The Morgan fingerprint density at radius 1 is 1.07 bits per heavy atom. The Hall–Kier alpha value is -1.62. The lowest BCUT2D eigenvalue weighted by molar-refractivity contribution is -0.136. The number of aryl methyl sites for hydroxylation is 1. The van der Waals surface area contributed by atoms with Crippen LogP contribution in [0.2, 0.25) is 15.1 Å². The molecule has 2 aromatic carbocycles. The van der Waals surface area contributed by atoms with Gasteiger partial charge in [0, 0.05) is 23.2 Å². The first-order chi connectivity index (χ1) is 12.9. The van der Waals surface area contributed by atoms with E-state index >= 15 is 0 Å². The Morgan fingerprint density at radius 3 is 2.37 bits per heavy atom. The van der Waals surface area contributed by atoms with Gasteiger partial charge in [-0.2, -0.15) is 0 Å². The van der Waals surface area contributed by atoms with Crippen molar-refractivity contribution in [3.05, 3.63) is 56.5 Å². The highest BCUT2D eigenvalue weighted by molar-refractivity contribution is 6.37. The Bertz CT molecular complexity index is 814. The first-order valence-corrected chi connectivity index (χ1v) is 9.92. The van der Waals surface area contributed by atoms with E-state index in [0.29, 0.717) is 33.3 Å². The van der Waals surface area contributed by atoms with Crippen molar-refractivity contribution < 1.29 is 14.6 Å². The smallest absolute Gasteiger partial charge is 0.303 e. The van der Waals surface area contributed by atoms with Crippen molar-refractivity contribution in [2.45, 2.75) is 44.8 Å². The lowest BCUT2D eigenvalue weighted by Crippen LogP contribution is -2.26. The molecule has 1 saturated carbocycles. The molecule has 1 aliphatic rings. The van der Waals surface area contributed by atoms with Gasteiger partial charge in [0.2, 0.25) is 0 Å². The van der Waals surface area contributed by atoms with Gasteiger partial charge in [-0.25, -0.2) is 0 Å². The molecule has 1 fully saturated rings. The van der Waals surface area contributed by atoms with Crippen molar-refractivity contribution in [2.24, 2.45) is 0 Å². The summed E-state index contributed by atoms with van der Waals surface area (Å²) in [7, 11) is 0. The zero-order valence-electron chi connectivity index (χ0n) is 14.6. The van der Waals surface area contributed by atoms with Crippen molar-refractivity contribution >= 4 is 46.5 Å². The number of halogens is 3. The molecule has 144 valence electrons. The van der Waals surface area contributed by atoms with Crippen LogP contribution in [0, 0.1) is 0 Å². The van der Waals surface area contributed by atoms with Crippen LogP contribution in [0.1, 0.15) is 36.8 Å². The second-order valence-corrected chi connectivity index (χ2v) is 7.94. The van der Waals surface area contributed by atoms with E-state index in [1.54, 1.807) is 12.1 Å². The third-order valence-electron chi connectivity index (χ3n) is 4.50. The first kappa shape index (κ1) is 20.1. The summed E-state index contributed by atoms with van der Waals surface area (Å²) in [6, 6.07) is 9.64. The number of carboxylic acids is 1. The highest BCUT2D eigenvalue weighted by atomic mass is 35.5. The van der Waals surface area contributed by atoms with Gasteiger partial charge in [-0.05, 0) is 67.1 Å². The largest absolute Gasteiger partial charge is 0.486 e. The minimum atomic E-state index is -0.866. The fourth-order valence-electron chi connectivity index (χ4n) is 2.91. The summed E-state index contributed by atoms with van der Waals surface area (Å²) in [5.74, 6) is -0.485. The van der Waals surface area contributed by atoms with Crippen LogP contribution in [0.25, 0.3) is 0 Å². The van der Waals surface area contributed by atoms with Gasteiger partial charge in [-0.3, -0.25) is 4.79 Å². The van der Waals surface area contributed by atoms with Gasteiger partial charge in [0.1, 0.15) is 6.61 Å². The van der Waals surface area contributed by atoms with E-state index in [1.807, 2.05) is 18.2 Å². The predicted molar refractivity (Wildman–Crippen MR) is 109 cm³/mol. The van der Waals surface area contributed by atoms with E-state index < -0.39 is 5.97 Å². The van der Waals surface area contributed by atoms with Crippen molar-refractivity contribution in [3.8, 4) is 5.75 Å². The third-order valence-corrected chi connectivity index (χ3v) is 5.28. The first-order valence-electron chi connectivity index (χ1n) is 8.79. The number of rotatable bonds is 8. The predicted octanol–water partition coefficient (Wildman–Crippen LogP) is 6.21. The third kappa shape index (κ3) is 5.68. The number of aliphatic carboxylic acids is 1. The molecule has 2 aromatic rings. The van der Waals surface area contributed by atoms with Crippen LogP contribution in [0.15, 0.2) is 30.3 Å². The highest BCUT2D eigenvalue weighted by Gasteiger charge is 2.17. The summed E-state index contributed by atoms with van der Waals surface area (Å²) in [6.07, 6.45) is 3.99. The summed E-state index contributed by atoms with van der Waals surface area (Å²) >= 11 is 18.8. The summed E-state index contributed by atoms with van der Waals surface area (Å²) in [4.78, 5) is 10.7. The second kappa shape index (κ2) is 9.05. The van der Waals surface area contributed by atoms with Crippen LogP contribution in [0.4, 0.5) is 5.69 Å². The molecule has 0 amide bonds. The van der Waals surface area contributed by atoms with Gasteiger partial charge in [0.15, 0.2) is 5.75 Å². The highest BCUT2D eigenvalue weighted by Crippen LogP contribution is 2.35. The molecule has 0 bridgehead atoms. The van der Waals surface area contributed by atoms with Crippen molar-refractivity contribution in [1.29, 1.82) is 0 Å². The molecule has 0 heterocycles. The quantitative estimate of drug-likeness (QED) is 0.525. The van der Waals surface area contributed by atoms with E-state index in [9.17, 15) is 4.79 Å². The molecule has 1 aliphatic carbocycles. The topological polar surface area (TPSA) is 58.6 Å². The maximum absolute atomic E-state index is 10.7. The molecule has 0 unspecified atom stereocenters. The van der Waals surface area contributed by atoms with Gasteiger partial charge < -0.3 is 15.2 Å². The number of nitrogens with one attached hydrogen (secondary N) is 1. The number of anilines is 1. The minimum Gasteiger partial charge on any atom is -0.486 e. The molecule has 4 nitrogen and oxygen atoms in total. The van der Waals surface area contributed by atoms with E-state index in [-0.39, 0.29) is 13.0 Å². The molecule has 0 atom stereocenters. The van der Waals surface area contributed by atoms with Crippen LogP contribution in [-0.2, 0) is 17.8 Å². The summed E-state index contributed by atoms with van der Waals surface area (Å²) in [5.41, 5.74) is 2.65. The maximum Gasteiger partial charge on any atom is 0.303 e. The van der Waals surface area contributed by atoms with Crippen LogP contribution in [-0.4, -0.2) is 17.1 Å². The minimum absolute atomic E-state index is 0.0200. The molecule has 27 heavy (non-hydrogen) atoms. The van der Waals surface area contributed by atoms with Crippen LogP contribution >= 0.6 is 34.8 Å². The summed E-state index contributed by atoms with van der Waals surface area (Å²) < 4.78 is 5.82. The Labute approximate surface area is 173 Å². The normalized spacial score (nSPS) is 13.9. The molecule has 0 aromatic heterocycles. The summed E-state index contributed by atoms with van der Waals surface area (Å²) in [5, 5.41) is 13.6. The molecular formula is C20H20Cl3NO3. The standard InChI is InChI=1S/C20H20Cl3NO3/c21-14-6-13(7-16(10-14)24-15-2-1-3-15)11-27-20-17(22)8-12(9-18(20)23)4-5-19(25)26/h6-10,15,24H,1-5,11H2,(H,25,26). The Kier molecular flexibility index (Phi) is 6.74. The SMILES string of the molecule is O=C(O)CCc1cc(Cl)c(OCc2cc(Cl)cc(NC3CCC3)c2)c(Cl)c1. The zero-order chi connectivity index (χ0) is 19.4. The average molecular weight is 429 g/mol. The molecule has 0 radical (unpaired) electrons. The molecule has 7 heteroatoms. The van der Waals surface area contributed by atoms with E-state index in [2.05, 4.69) is 5.32 Å². The van der Waals surface area contributed by atoms with Gasteiger partial charge in [0.05, 0.1) is 10.0 Å². The maximum atomic E-state index is 10.7. The number of carboxylic acid groups (broad SMARTS) is 1. The lowest BCUT2D eigenvalue weighted by atomic mass is 9.93. The Morgan fingerprint density at radius 2 is 1.78 bits per heavy atom. The number of ether oxygens (including phenoxy) is 1. The molecule has 3 rings (SSSR count). The van der Waals surface area contributed by atoms with Gasteiger partial charge in [-0.1, -0.05) is 34.8 Å². The van der Waals surface area contributed by atoms with Crippen LogP contribution < -0.4 is 10.1 Å². The molecule has 2 N–H and O–H groups in total. The molecular weight excluding hydrogens is 409 g/mol. The fraction of sp³-hybridized carbons (Fsp3) is 0.350. The number of carbonyl (C=O) groups is 1. The van der Waals surface area contributed by atoms with E-state index in [0.717, 1.165) is 16.8 Å². The molecule has 0 saturated heterocycles. The zero-order valence-corrected chi connectivity index (χ0v) is 16.9. The van der Waals surface area contributed by atoms with E-state index in [1.165, 1.54) is 19.3 Å². The monoisotopic (exact) mass is 427 g/mol. The fourth-order valence-corrected chi connectivity index (χ4v) is 3.81. The summed E-state index contributed by atoms with van der Waals surface area (Å²) in [6.45, 7) is 0.272. The van der Waals surface area contributed by atoms with Gasteiger partial charge in [0.25, 0.3) is 0 Å². The van der Waals surface area contributed by atoms with Crippen LogP contribution in [0.3, 0.4) is 0 Å². The molecule has 0 spiro atoms. The van der Waals surface area contributed by atoms with Crippen molar-refractivity contribution in [2.75, 3.05) is 5.32 Å². The number of hydrogen-bond donors (Lipinski definition) is 2. The van der Waals surface area contributed by atoms with Gasteiger partial charge >= 0.3 is 5.97 Å². The van der Waals surface area contributed by atoms with Crippen LogP contribution in [0.5, 0.6) is 5.75 Å². The number of hydrogen-bond acceptors (Lipinski definition) is 3.